The molecule has 0 aliphatic heterocycles. The Morgan fingerprint density at radius 2 is 1.81 bits per heavy atom. The highest BCUT2D eigenvalue weighted by Crippen LogP contribution is 2.22. The number of rotatable bonds is 2. The molecule has 86 valence electrons. The SMILES string of the molecule is O=C(OC1CCCC1)c1cc(I)nc(I)c1. The summed E-state index contributed by atoms with van der Waals surface area (Å²) in [4.78, 5) is 16.1. The summed E-state index contributed by atoms with van der Waals surface area (Å²) in [6, 6.07) is 3.53. The minimum absolute atomic E-state index is 0.121. The van der Waals surface area contributed by atoms with E-state index in [1.54, 1.807) is 12.1 Å². The van der Waals surface area contributed by atoms with Crippen LogP contribution in [0.5, 0.6) is 0 Å². The Morgan fingerprint density at radius 1 is 1.25 bits per heavy atom. The van der Waals surface area contributed by atoms with Gasteiger partial charge in [-0.3, -0.25) is 0 Å². The summed E-state index contributed by atoms with van der Waals surface area (Å²) >= 11 is 4.21. The van der Waals surface area contributed by atoms with Crippen molar-refractivity contribution >= 4 is 51.2 Å². The van der Waals surface area contributed by atoms with E-state index in [0.717, 1.165) is 20.2 Å². The molecular formula is C11H11I2NO2. The third-order valence-corrected chi connectivity index (χ3v) is 3.68. The summed E-state index contributed by atoms with van der Waals surface area (Å²) in [6.45, 7) is 0. The van der Waals surface area contributed by atoms with Crippen molar-refractivity contribution in [3.05, 3.63) is 25.1 Å². The number of esters is 1. The first-order chi connectivity index (χ1) is 7.65. The monoisotopic (exact) mass is 443 g/mol. The van der Waals surface area contributed by atoms with Gasteiger partial charge in [-0.25, -0.2) is 9.78 Å². The van der Waals surface area contributed by atoms with Crippen molar-refractivity contribution in [1.82, 2.24) is 4.98 Å². The Kier molecular flexibility index (Phi) is 4.40. The largest absolute Gasteiger partial charge is 0.459 e. The number of hydrogen-bond donors (Lipinski definition) is 0. The van der Waals surface area contributed by atoms with Gasteiger partial charge in [0.2, 0.25) is 0 Å². The van der Waals surface area contributed by atoms with E-state index < -0.39 is 0 Å². The van der Waals surface area contributed by atoms with Crippen molar-refractivity contribution in [1.29, 1.82) is 0 Å². The zero-order chi connectivity index (χ0) is 11.5. The second kappa shape index (κ2) is 5.61. The van der Waals surface area contributed by atoms with Gasteiger partial charge in [-0.15, -0.1) is 0 Å². The van der Waals surface area contributed by atoms with Crippen LogP contribution in [0.3, 0.4) is 0 Å². The molecule has 0 amide bonds. The van der Waals surface area contributed by atoms with Gasteiger partial charge in [-0.1, -0.05) is 0 Å². The first kappa shape index (κ1) is 12.5. The molecule has 0 bridgehead atoms. The van der Waals surface area contributed by atoms with E-state index >= 15 is 0 Å². The van der Waals surface area contributed by atoms with E-state index in [9.17, 15) is 4.79 Å². The summed E-state index contributed by atoms with van der Waals surface area (Å²) in [5, 5.41) is 0. The molecule has 0 unspecified atom stereocenters. The topological polar surface area (TPSA) is 39.2 Å². The average Bonchev–Trinajstić information content (AvgIpc) is 2.68. The highest BCUT2D eigenvalue weighted by atomic mass is 127. The summed E-state index contributed by atoms with van der Waals surface area (Å²) in [5.41, 5.74) is 0.607. The number of nitrogens with zero attached hydrogens (tertiary/aromatic N) is 1. The Morgan fingerprint density at radius 3 is 2.38 bits per heavy atom. The number of hydrogen-bond acceptors (Lipinski definition) is 3. The summed E-state index contributed by atoms with van der Waals surface area (Å²) < 4.78 is 7.08. The van der Waals surface area contributed by atoms with E-state index in [1.165, 1.54) is 12.8 Å². The van der Waals surface area contributed by atoms with Crippen LogP contribution in [0.2, 0.25) is 0 Å². The fourth-order valence-corrected chi connectivity index (χ4v) is 3.46. The van der Waals surface area contributed by atoms with E-state index in [2.05, 4.69) is 50.2 Å². The molecule has 2 rings (SSSR count). The molecule has 1 saturated carbocycles. The molecule has 0 spiro atoms. The summed E-state index contributed by atoms with van der Waals surface area (Å²) in [6.07, 6.45) is 4.47. The zero-order valence-electron chi connectivity index (χ0n) is 8.58. The lowest BCUT2D eigenvalue weighted by Crippen LogP contribution is -2.15. The van der Waals surface area contributed by atoms with Crippen molar-refractivity contribution in [2.75, 3.05) is 0 Å². The van der Waals surface area contributed by atoms with Crippen LogP contribution >= 0.6 is 45.2 Å². The average molecular weight is 443 g/mol. The molecule has 16 heavy (non-hydrogen) atoms. The lowest BCUT2D eigenvalue weighted by Gasteiger charge is -2.11. The first-order valence-electron chi connectivity index (χ1n) is 5.19. The third kappa shape index (κ3) is 3.28. The van der Waals surface area contributed by atoms with Gasteiger partial charge < -0.3 is 4.74 Å². The minimum Gasteiger partial charge on any atom is -0.459 e. The third-order valence-electron chi connectivity index (χ3n) is 2.57. The van der Waals surface area contributed by atoms with Gasteiger partial charge in [-0.05, 0) is 83.0 Å². The fourth-order valence-electron chi connectivity index (χ4n) is 1.81. The quantitative estimate of drug-likeness (QED) is 0.400. The van der Waals surface area contributed by atoms with Crippen LogP contribution in [0.4, 0.5) is 0 Å². The maximum absolute atomic E-state index is 11.8. The van der Waals surface area contributed by atoms with Gasteiger partial charge in [0.1, 0.15) is 13.5 Å². The number of aromatic nitrogens is 1. The van der Waals surface area contributed by atoms with Crippen molar-refractivity contribution in [2.45, 2.75) is 31.8 Å². The molecule has 1 aromatic rings. The normalized spacial score (nSPS) is 16.4. The zero-order valence-corrected chi connectivity index (χ0v) is 12.9. The van der Waals surface area contributed by atoms with Gasteiger partial charge in [0.05, 0.1) is 5.56 Å². The van der Waals surface area contributed by atoms with Crippen LogP contribution in [-0.2, 0) is 4.74 Å². The van der Waals surface area contributed by atoms with Crippen molar-refractivity contribution < 1.29 is 9.53 Å². The maximum Gasteiger partial charge on any atom is 0.338 e. The Labute approximate surface area is 122 Å². The molecule has 5 heteroatoms. The van der Waals surface area contributed by atoms with Crippen LogP contribution < -0.4 is 0 Å². The van der Waals surface area contributed by atoms with Gasteiger partial charge in [0.25, 0.3) is 0 Å². The predicted molar refractivity (Wildman–Crippen MR) is 77.3 cm³/mol. The van der Waals surface area contributed by atoms with Crippen molar-refractivity contribution in [3.8, 4) is 0 Å². The van der Waals surface area contributed by atoms with Gasteiger partial charge >= 0.3 is 5.97 Å². The second-order valence-corrected chi connectivity index (χ2v) is 6.02. The molecule has 1 heterocycles. The maximum atomic E-state index is 11.8. The second-order valence-electron chi connectivity index (χ2n) is 3.81. The van der Waals surface area contributed by atoms with E-state index in [1.807, 2.05) is 0 Å². The van der Waals surface area contributed by atoms with E-state index in [-0.39, 0.29) is 12.1 Å². The Bertz CT molecular complexity index is 383. The standard InChI is InChI=1S/C11H11I2NO2/c12-9-5-7(6-10(13)14-9)11(15)16-8-3-1-2-4-8/h5-6,8H,1-4H2. The molecule has 0 aromatic carbocycles. The van der Waals surface area contributed by atoms with Crippen LogP contribution in [0.15, 0.2) is 12.1 Å². The molecule has 1 aliphatic rings. The fraction of sp³-hybridized carbons (Fsp3) is 0.455. The van der Waals surface area contributed by atoms with Crippen LogP contribution in [0.25, 0.3) is 0 Å². The Hall–Kier alpha value is 0.0800. The lowest BCUT2D eigenvalue weighted by molar-refractivity contribution is 0.0317. The van der Waals surface area contributed by atoms with Gasteiger partial charge in [0.15, 0.2) is 0 Å². The molecule has 1 fully saturated rings. The summed E-state index contributed by atoms with van der Waals surface area (Å²) in [5.74, 6) is -0.217. The molecule has 0 N–H and O–H groups in total. The molecule has 0 saturated heterocycles. The smallest absolute Gasteiger partial charge is 0.338 e. The number of carbonyl (C=O) groups is 1. The highest BCUT2D eigenvalue weighted by Gasteiger charge is 2.20. The van der Waals surface area contributed by atoms with Crippen LogP contribution in [0, 0.1) is 7.40 Å². The van der Waals surface area contributed by atoms with Gasteiger partial charge in [-0.2, -0.15) is 0 Å². The van der Waals surface area contributed by atoms with Crippen molar-refractivity contribution in [3.63, 3.8) is 0 Å². The lowest BCUT2D eigenvalue weighted by atomic mass is 10.2. The molecule has 0 radical (unpaired) electrons. The van der Waals surface area contributed by atoms with Crippen molar-refractivity contribution in [2.24, 2.45) is 0 Å². The van der Waals surface area contributed by atoms with Crippen LogP contribution in [0.1, 0.15) is 36.0 Å². The molecule has 1 aromatic heterocycles. The first-order valence-corrected chi connectivity index (χ1v) is 7.35. The molecule has 0 atom stereocenters. The van der Waals surface area contributed by atoms with E-state index in [0.29, 0.717) is 5.56 Å². The predicted octanol–water partition coefficient (Wildman–Crippen LogP) is 3.39. The molecular weight excluding hydrogens is 432 g/mol. The minimum atomic E-state index is -0.217. The number of halogens is 2. The number of carbonyl (C=O) groups excluding carboxylic acids is 1. The van der Waals surface area contributed by atoms with Crippen LogP contribution in [-0.4, -0.2) is 17.1 Å². The van der Waals surface area contributed by atoms with Gasteiger partial charge in [0, 0.05) is 0 Å². The highest BCUT2D eigenvalue weighted by molar-refractivity contribution is 14.1. The number of pyridine rings is 1. The molecule has 1 aliphatic carbocycles. The van der Waals surface area contributed by atoms with E-state index in [4.69, 9.17) is 4.74 Å². The summed E-state index contributed by atoms with van der Waals surface area (Å²) in [7, 11) is 0. The Balaban J connectivity index is 2.07. The molecule has 3 nitrogen and oxygen atoms in total. The number of ether oxygens (including phenoxy) is 1.